The maximum atomic E-state index is 12.3. The van der Waals surface area contributed by atoms with Gasteiger partial charge in [-0.2, -0.15) is 13.2 Å². The molecular weight excluding hydrogens is 237 g/mol. The fraction of sp³-hybridized carbons (Fsp3) is 0.900. The monoisotopic (exact) mass is 254 g/mol. The summed E-state index contributed by atoms with van der Waals surface area (Å²) in [6, 6.07) is -0.109. The van der Waals surface area contributed by atoms with Gasteiger partial charge in [-0.25, -0.2) is 0 Å². The molecule has 4 nitrogen and oxygen atoms in total. The largest absolute Gasteiger partial charge is 0.471 e. The van der Waals surface area contributed by atoms with E-state index >= 15 is 0 Å². The Hall–Kier alpha value is -0.820. The average Bonchev–Trinajstić information content (AvgIpc) is 2.27. The number of hydrogen-bond donors (Lipinski definition) is 1. The minimum Gasteiger partial charge on any atom is -0.395 e. The summed E-state index contributed by atoms with van der Waals surface area (Å²) in [4.78, 5) is 13.7. The lowest BCUT2D eigenvalue weighted by atomic mass is 10.0. The van der Waals surface area contributed by atoms with Gasteiger partial charge < -0.3 is 10.0 Å². The van der Waals surface area contributed by atoms with E-state index in [4.69, 9.17) is 5.11 Å². The Labute approximate surface area is 98.0 Å². The molecule has 0 spiro atoms. The molecule has 0 saturated carbocycles. The number of aliphatic hydroxyl groups is 1. The summed E-state index contributed by atoms with van der Waals surface area (Å²) >= 11 is 0. The van der Waals surface area contributed by atoms with Crippen molar-refractivity contribution < 1.29 is 23.1 Å². The van der Waals surface area contributed by atoms with Crippen LogP contribution < -0.4 is 0 Å². The molecule has 1 heterocycles. The van der Waals surface area contributed by atoms with Crippen LogP contribution in [0.4, 0.5) is 13.2 Å². The van der Waals surface area contributed by atoms with Gasteiger partial charge in [0, 0.05) is 25.7 Å². The van der Waals surface area contributed by atoms with Gasteiger partial charge in [0.25, 0.3) is 0 Å². The maximum Gasteiger partial charge on any atom is 0.471 e. The summed E-state index contributed by atoms with van der Waals surface area (Å²) in [5, 5.41) is 8.77. The normalized spacial score (nSPS) is 22.0. The third-order valence-corrected chi connectivity index (χ3v) is 3.00. The molecule has 0 aromatic carbocycles. The van der Waals surface area contributed by atoms with E-state index in [2.05, 4.69) is 0 Å². The quantitative estimate of drug-likeness (QED) is 0.796. The Morgan fingerprint density at radius 2 is 2.18 bits per heavy atom. The second kappa shape index (κ2) is 5.68. The number of alkyl halides is 3. The molecule has 1 amide bonds. The molecule has 1 rings (SSSR count). The van der Waals surface area contributed by atoms with Gasteiger partial charge in [-0.3, -0.25) is 9.69 Å². The standard InChI is InChI=1S/C10H17F3N2O2/c1-14(5-6-16)8-3-2-4-15(7-8)9(17)10(11,12)13/h8,16H,2-7H2,1H3. The van der Waals surface area contributed by atoms with Crippen LogP contribution in [0.15, 0.2) is 0 Å². The Kier molecular flexibility index (Phi) is 4.76. The van der Waals surface area contributed by atoms with E-state index in [1.54, 1.807) is 11.9 Å². The van der Waals surface area contributed by atoms with E-state index in [0.717, 1.165) is 11.3 Å². The second-order valence-corrected chi connectivity index (χ2v) is 4.25. The highest BCUT2D eigenvalue weighted by Crippen LogP contribution is 2.22. The zero-order valence-electron chi connectivity index (χ0n) is 9.70. The molecule has 1 saturated heterocycles. The fourth-order valence-corrected chi connectivity index (χ4v) is 2.02. The van der Waals surface area contributed by atoms with Crippen molar-refractivity contribution in [3.8, 4) is 0 Å². The first kappa shape index (κ1) is 14.2. The summed E-state index contributed by atoms with van der Waals surface area (Å²) in [5.74, 6) is -1.76. The maximum absolute atomic E-state index is 12.3. The van der Waals surface area contributed by atoms with Crippen molar-refractivity contribution in [2.24, 2.45) is 0 Å². The number of carbonyl (C=O) groups is 1. The molecule has 1 N–H and O–H groups in total. The zero-order chi connectivity index (χ0) is 13.1. The number of amides is 1. The molecule has 0 bridgehead atoms. The van der Waals surface area contributed by atoms with Crippen molar-refractivity contribution in [2.45, 2.75) is 25.1 Å². The van der Waals surface area contributed by atoms with E-state index in [0.29, 0.717) is 13.0 Å². The third kappa shape index (κ3) is 3.85. The van der Waals surface area contributed by atoms with Gasteiger partial charge in [0.05, 0.1) is 6.61 Å². The van der Waals surface area contributed by atoms with Gasteiger partial charge in [-0.15, -0.1) is 0 Å². The Morgan fingerprint density at radius 3 is 2.71 bits per heavy atom. The van der Waals surface area contributed by atoms with Crippen LogP contribution in [0, 0.1) is 0 Å². The molecule has 0 aromatic rings. The van der Waals surface area contributed by atoms with E-state index in [1.165, 1.54) is 0 Å². The van der Waals surface area contributed by atoms with Gasteiger partial charge >= 0.3 is 12.1 Å². The third-order valence-electron chi connectivity index (χ3n) is 3.00. The number of likely N-dealkylation sites (N-methyl/N-ethyl adjacent to an activating group) is 1. The molecule has 100 valence electrons. The molecule has 1 atom stereocenters. The number of carbonyl (C=O) groups excluding carboxylic acids is 1. The number of piperidine rings is 1. The first-order chi connectivity index (χ1) is 7.86. The van der Waals surface area contributed by atoms with Gasteiger partial charge in [0.2, 0.25) is 0 Å². The van der Waals surface area contributed by atoms with Crippen molar-refractivity contribution in [3.05, 3.63) is 0 Å². The summed E-state index contributed by atoms with van der Waals surface area (Å²) in [7, 11) is 1.74. The second-order valence-electron chi connectivity index (χ2n) is 4.25. The van der Waals surface area contributed by atoms with Crippen LogP contribution in [-0.4, -0.2) is 66.3 Å². The number of nitrogens with zero attached hydrogens (tertiary/aromatic N) is 2. The fourth-order valence-electron chi connectivity index (χ4n) is 2.02. The van der Waals surface area contributed by atoms with Crippen LogP contribution in [-0.2, 0) is 4.79 Å². The highest BCUT2D eigenvalue weighted by Gasteiger charge is 2.43. The molecular formula is C10H17F3N2O2. The number of rotatable bonds is 3. The molecule has 1 fully saturated rings. The topological polar surface area (TPSA) is 43.8 Å². The van der Waals surface area contributed by atoms with Crippen LogP contribution in [0.25, 0.3) is 0 Å². The molecule has 1 unspecified atom stereocenters. The lowest BCUT2D eigenvalue weighted by molar-refractivity contribution is -0.187. The van der Waals surface area contributed by atoms with E-state index in [1.807, 2.05) is 0 Å². The highest BCUT2D eigenvalue weighted by molar-refractivity contribution is 5.82. The smallest absolute Gasteiger partial charge is 0.395 e. The van der Waals surface area contributed by atoms with Crippen molar-refractivity contribution in [2.75, 3.05) is 33.3 Å². The van der Waals surface area contributed by atoms with Crippen LogP contribution in [0.5, 0.6) is 0 Å². The van der Waals surface area contributed by atoms with Crippen molar-refractivity contribution in [1.29, 1.82) is 0 Å². The number of likely N-dealkylation sites (tertiary alicyclic amines) is 1. The Morgan fingerprint density at radius 1 is 1.53 bits per heavy atom. The number of halogens is 3. The minimum absolute atomic E-state index is 0.0415. The lowest BCUT2D eigenvalue weighted by Crippen LogP contribution is -2.52. The van der Waals surface area contributed by atoms with E-state index in [9.17, 15) is 18.0 Å². The molecule has 7 heteroatoms. The number of aliphatic hydroxyl groups excluding tert-OH is 1. The average molecular weight is 254 g/mol. The molecule has 1 aliphatic heterocycles. The summed E-state index contributed by atoms with van der Waals surface area (Å²) < 4.78 is 36.8. The molecule has 17 heavy (non-hydrogen) atoms. The van der Waals surface area contributed by atoms with E-state index in [-0.39, 0.29) is 25.7 Å². The minimum atomic E-state index is -4.79. The van der Waals surface area contributed by atoms with E-state index < -0.39 is 12.1 Å². The van der Waals surface area contributed by atoms with Crippen molar-refractivity contribution in [3.63, 3.8) is 0 Å². The van der Waals surface area contributed by atoms with Crippen molar-refractivity contribution in [1.82, 2.24) is 9.80 Å². The Bertz CT molecular complexity index is 271. The van der Waals surface area contributed by atoms with Gasteiger partial charge in [-0.1, -0.05) is 0 Å². The van der Waals surface area contributed by atoms with Gasteiger partial charge in [-0.05, 0) is 19.9 Å². The predicted molar refractivity (Wildman–Crippen MR) is 55.4 cm³/mol. The molecule has 0 aliphatic carbocycles. The van der Waals surface area contributed by atoms with Crippen LogP contribution in [0.3, 0.4) is 0 Å². The summed E-state index contributed by atoms with van der Waals surface area (Å²) in [6.45, 7) is 0.593. The molecule has 0 radical (unpaired) electrons. The van der Waals surface area contributed by atoms with Crippen LogP contribution in [0.2, 0.25) is 0 Å². The predicted octanol–water partition coefficient (Wildman–Crippen LogP) is 0.464. The van der Waals surface area contributed by atoms with Crippen molar-refractivity contribution >= 4 is 5.91 Å². The highest BCUT2D eigenvalue weighted by atomic mass is 19.4. The first-order valence-electron chi connectivity index (χ1n) is 5.53. The number of hydrogen-bond acceptors (Lipinski definition) is 3. The lowest BCUT2D eigenvalue weighted by Gasteiger charge is -2.37. The first-order valence-corrected chi connectivity index (χ1v) is 5.53. The van der Waals surface area contributed by atoms with Gasteiger partial charge in [0.1, 0.15) is 0 Å². The molecule has 1 aliphatic rings. The zero-order valence-corrected chi connectivity index (χ0v) is 9.70. The van der Waals surface area contributed by atoms with Crippen LogP contribution >= 0.6 is 0 Å². The summed E-state index contributed by atoms with van der Waals surface area (Å²) in [5.41, 5.74) is 0. The summed E-state index contributed by atoms with van der Waals surface area (Å²) in [6.07, 6.45) is -3.49. The SMILES string of the molecule is CN(CCO)C1CCCN(C(=O)C(F)(F)F)C1. The molecule has 0 aromatic heterocycles. The van der Waals surface area contributed by atoms with Gasteiger partial charge in [0.15, 0.2) is 0 Å². The Balaban J connectivity index is 2.57. The van der Waals surface area contributed by atoms with Crippen LogP contribution in [0.1, 0.15) is 12.8 Å².